The Morgan fingerprint density at radius 2 is 2.00 bits per heavy atom. The van der Waals surface area contributed by atoms with Gasteiger partial charge >= 0.3 is 0 Å². The Kier molecular flexibility index (Phi) is 6.90. The smallest absolute Gasteiger partial charge is 0.176 e. The monoisotopic (exact) mass is 271 g/mol. The molecule has 4 nitrogen and oxygen atoms in total. The van der Waals surface area contributed by atoms with Gasteiger partial charge in [0.1, 0.15) is 0 Å². The fourth-order valence-electron chi connectivity index (χ4n) is 1.56. The highest BCUT2D eigenvalue weighted by Crippen LogP contribution is 2.10. The van der Waals surface area contributed by atoms with Crippen molar-refractivity contribution in [3.05, 3.63) is 34.9 Å². The average Bonchev–Trinajstić information content (AvgIpc) is 2.37. The first-order chi connectivity index (χ1) is 8.67. The first-order valence-electron chi connectivity index (χ1n) is 5.78. The molecule has 0 saturated carbocycles. The summed E-state index contributed by atoms with van der Waals surface area (Å²) in [4.78, 5) is 13.9. The third-order valence-corrected chi connectivity index (χ3v) is 2.81. The van der Waals surface area contributed by atoms with Crippen molar-refractivity contribution < 1.29 is 14.6 Å². The molecule has 0 fully saturated rings. The van der Waals surface area contributed by atoms with E-state index in [-0.39, 0.29) is 18.9 Å². The van der Waals surface area contributed by atoms with Crippen LogP contribution in [0.4, 0.5) is 0 Å². The van der Waals surface area contributed by atoms with Crippen molar-refractivity contribution in [3.8, 4) is 0 Å². The summed E-state index contributed by atoms with van der Waals surface area (Å²) < 4.78 is 4.97. The van der Waals surface area contributed by atoms with Crippen LogP contribution in [-0.2, 0) is 4.74 Å². The quantitative estimate of drug-likeness (QED) is 0.728. The number of aliphatic hydroxyl groups excluding tert-OH is 1. The van der Waals surface area contributed by atoms with E-state index in [0.29, 0.717) is 30.3 Å². The molecule has 0 atom stereocenters. The second-order valence-electron chi connectivity index (χ2n) is 3.92. The van der Waals surface area contributed by atoms with Crippen LogP contribution < -0.4 is 0 Å². The molecule has 0 aliphatic heterocycles. The molecule has 0 heterocycles. The minimum atomic E-state index is 0.0104. The minimum Gasteiger partial charge on any atom is -0.395 e. The SMILES string of the molecule is COCCN(CCO)CC(=O)c1ccc(Cl)cc1. The predicted molar refractivity (Wildman–Crippen MR) is 71.2 cm³/mol. The number of carbonyl (C=O) groups excluding carboxylic acids is 1. The Balaban J connectivity index is 2.56. The van der Waals surface area contributed by atoms with E-state index in [4.69, 9.17) is 21.4 Å². The molecule has 1 aromatic carbocycles. The number of halogens is 1. The Hall–Kier alpha value is -0.940. The van der Waals surface area contributed by atoms with Gasteiger partial charge < -0.3 is 9.84 Å². The zero-order chi connectivity index (χ0) is 13.4. The average molecular weight is 272 g/mol. The summed E-state index contributed by atoms with van der Waals surface area (Å²) in [5.41, 5.74) is 0.625. The van der Waals surface area contributed by atoms with E-state index in [2.05, 4.69) is 0 Å². The van der Waals surface area contributed by atoms with Crippen LogP contribution in [0.2, 0.25) is 5.02 Å². The molecule has 0 aliphatic carbocycles. The van der Waals surface area contributed by atoms with Gasteiger partial charge in [0.05, 0.1) is 19.8 Å². The summed E-state index contributed by atoms with van der Waals surface area (Å²) in [6.07, 6.45) is 0. The standard InChI is InChI=1S/C13H18ClNO3/c1-18-9-7-15(6-8-16)10-13(17)11-2-4-12(14)5-3-11/h2-5,16H,6-10H2,1H3. The second kappa shape index (κ2) is 8.21. The number of rotatable bonds is 8. The van der Waals surface area contributed by atoms with Gasteiger partial charge in [-0.05, 0) is 24.3 Å². The maximum absolute atomic E-state index is 12.0. The van der Waals surface area contributed by atoms with Gasteiger partial charge in [0.15, 0.2) is 5.78 Å². The molecule has 1 N–H and O–H groups in total. The van der Waals surface area contributed by atoms with Gasteiger partial charge in [-0.1, -0.05) is 11.6 Å². The molecular weight excluding hydrogens is 254 g/mol. The van der Waals surface area contributed by atoms with Crippen LogP contribution in [0.3, 0.4) is 0 Å². The third kappa shape index (κ3) is 5.14. The third-order valence-electron chi connectivity index (χ3n) is 2.56. The minimum absolute atomic E-state index is 0.0104. The van der Waals surface area contributed by atoms with Crippen molar-refractivity contribution in [1.29, 1.82) is 0 Å². The van der Waals surface area contributed by atoms with Crippen LogP contribution in [-0.4, -0.2) is 55.7 Å². The maximum atomic E-state index is 12.0. The van der Waals surface area contributed by atoms with Crippen LogP contribution in [0.25, 0.3) is 0 Å². The number of ketones is 1. The largest absolute Gasteiger partial charge is 0.395 e. The van der Waals surface area contributed by atoms with E-state index in [1.165, 1.54) is 0 Å². The summed E-state index contributed by atoms with van der Waals surface area (Å²) in [5.74, 6) is 0.0104. The summed E-state index contributed by atoms with van der Waals surface area (Å²) in [6.45, 7) is 1.91. The molecule has 0 aromatic heterocycles. The number of hydrogen-bond donors (Lipinski definition) is 1. The van der Waals surface area contributed by atoms with Crippen molar-refractivity contribution in [2.24, 2.45) is 0 Å². The number of hydrogen-bond acceptors (Lipinski definition) is 4. The van der Waals surface area contributed by atoms with Crippen molar-refractivity contribution in [2.45, 2.75) is 0 Å². The number of carbonyl (C=O) groups is 1. The van der Waals surface area contributed by atoms with Crippen molar-refractivity contribution in [3.63, 3.8) is 0 Å². The Labute approximate surface area is 112 Å². The van der Waals surface area contributed by atoms with Gasteiger partial charge in [0.2, 0.25) is 0 Å². The van der Waals surface area contributed by atoms with Gasteiger partial charge in [0.25, 0.3) is 0 Å². The molecule has 18 heavy (non-hydrogen) atoms. The lowest BCUT2D eigenvalue weighted by molar-refractivity contribution is 0.0868. The zero-order valence-electron chi connectivity index (χ0n) is 10.4. The maximum Gasteiger partial charge on any atom is 0.176 e. The van der Waals surface area contributed by atoms with Gasteiger partial charge in [-0.3, -0.25) is 9.69 Å². The molecule has 0 aliphatic rings. The van der Waals surface area contributed by atoms with Crippen molar-refractivity contribution >= 4 is 17.4 Å². The molecule has 0 saturated heterocycles. The molecule has 0 radical (unpaired) electrons. The fourth-order valence-corrected chi connectivity index (χ4v) is 1.69. The van der Waals surface area contributed by atoms with E-state index >= 15 is 0 Å². The lowest BCUT2D eigenvalue weighted by Gasteiger charge is -2.19. The van der Waals surface area contributed by atoms with Crippen molar-refractivity contribution in [1.82, 2.24) is 4.90 Å². The lowest BCUT2D eigenvalue weighted by atomic mass is 10.1. The number of ether oxygens (including phenoxy) is 1. The fraction of sp³-hybridized carbons (Fsp3) is 0.462. The lowest BCUT2D eigenvalue weighted by Crippen LogP contribution is -2.35. The Morgan fingerprint density at radius 3 is 2.56 bits per heavy atom. The summed E-state index contributed by atoms with van der Waals surface area (Å²) in [5, 5.41) is 9.55. The Bertz CT molecular complexity index is 367. The highest BCUT2D eigenvalue weighted by molar-refractivity contribution is 6.30. The first-order valence-corrected chi connectivity index (χ1v) is 6.16. The summed E-state index contributed by atoms with van der Waals surface area (Å²) >= 11 is 5.77. The number of methoxy groups -OCH3 is 1. The highest BCUT2D eigenvalue weighted by atomic mass is 35.5. The molecule has 0 spiro atoms. The van der Waals surface area contributed by atoms with Crippen LogP contribution in [0.15, 0.2) is 24.3 Å². The molecule has 100 valence electrons. The highest BCUT2D eigenvalue weighted by Gasteiger charge is 2.11. The first kappa shape index (κ1) is 15.1. The van der Waals surface area contributed by atoms with E-state index < -0.39 is 0 Å². The molecule has 5 heteroatoms. The topological polar surface area (TPSA) is 49.8 Å². The normalized spacial score (nSPS) is 10.9. The van der Waals surface area contributed by atoms with Crippen molar-refractivity contribution in [2.75, 3.05) is 40.0 Å². The van der Waals surface area contributed by atoms with Gasteiger partial charge in [-0.2, -0.15) is 0 Å². The van der Waals surface area contributed by atoms with E-state index in [0.717, 1.165) is 0 Å². The molecule has 0 amide bonds. The molecule has 0 unspecified atom stereocenters. The Morgan fingerprint density at radius 1 is 1.33 bits per heavy atom. The molecule has 1 aromatic rings. The predicted octanol–water partition coefficient (Wildman–Crippen LogP) is 1.46. The number of Topliss-reactive ketones (excluding diaryl/α,β-unsaturated/α-hetero) is 1. The number of aliphatic hydroxyl groups is 1. The molecular formula is C13H18ClNO3. The van der Waals surface area contributed by atoms with Crippen LogP contribution in [0.5, 0.6) is 0 Å². The zero-order valence-corrected chi connectivity index (χ0v) is 11.2. The van der Waals surface area contributed by atoms with Crippen LogP contribution in [0.1, 0.15) is 10.4 Å². The van der Waals surface area contributed by atoms with E-state index in [9.17, 15) is 4.79 Å². The van der Waals surface area contributed by atoms with Crippen LogP contribution in [0, 0.1) is 0 Å². The molecule has 1 rings (SSSR count). The van der Waals surface area contributed by atoms with Crippen LogP contribution >= 0.6 is 11.6 Å². The summed E-state index contributed by atoms with van der Waals surface area (Å²) in [6, 6.07) is 6.80. The molecule has 0 bridgehead atoms. The second-order valence-corrected chi connectivity index (χ2v) is 4.36. The van der Waals surface area contributed by atoms with E-state index in [1.807, 2.05) is 4.90 Å². The van der Waals surface area contributed by atoms with Gasteiger partial charge in [0, 0.05) is 30.8 Å². The van der Waals surface area contributed by atoms with Gasteiger partial charge in [-0.25, -0.2) is 0 Å². The van der Waals surface area contributed by atoms with Gasteiger partial charge in [-0.15, -0.1) is 0 Å². The number of benzene rings is 1. The number of nitrogens with zero attached hydrogens (tertiary/aromatic N) is 1. The summed E-state index contributed by atoms with van der Waals surface area (Å²) in [7, 11) is 1.61. The van der Waals surface area contributed by atoms with E-state index in [1.54, 1.807) is 31.4 Å².